The number of azo groups is 1. The van der Waals surface area contributed by atoms with Crippen LogP contribution in [0, 0.1) is 0 Å². The molecule has 0 aliphatic carbocycles. The van der Waals surface area contributed by atoms with Crippen molar-refractivity contribution in [3.63, 3.8) is 0 Å². The molecule has 16 heteroatoms. The molecule has 0 spiro atoms. The van der Waals surface area contributed by atoms with Crippen molar-refractivity contribution < 1.29 is 44.0 Å². The maximum absolute atomic E-state index is 12.0. The molecular formula is C20H14N2NaO10S3. The smallest absolute Gasteiger partial charge is 0.295 e. The van der Waals surface area contributed by atoms with Crippen LogP contribution in [0.4, 0.5) is 11.4 Å². The number of fused-ring (bicyclic) bond motifs is 2. The Morgan fingerprint density at radius 1 is 0.639 bits per heavy atom. The van der Waals surface area contributed by atoms with E-state index in [0.29, 0.717) is 6.07 Å². The minimum Gasteiger partial charge on any atom is -0.506 e. The van der Waals surface area contributed by atoms with Crippen LogP contribution < -0.4 is 0 Å². The quantitative estimate of drug-likeness (QED) is 0.158. The molecule has 0 amide bonds. The number of hydrogen-bond donors (Lipinski definition) is 4. The molecule has 0 aliphatic heterocycles. The van der Waals surface area contributed by atoms with Crippen LogP contribution in [0.3, 0.4) is 0 Å². The maximum atomic E-state index is 12.0. The first-order valence-electron chi connectivity index (χ1n) is 9.33. The predicted octanol–water partition coefficient (Wildman–Crippen LogP) is 3.47. The first-order chi connectivity index (χ1) is 16.2. The Bertz CT molecular complexity index is 1890. The zero-order chi connectivity index (χ0) is 25.8. The van der Waals surface area contributed by atoms with Crippen molar-refractivity contribution in [2.45, 2.75) is 14.7 Å². The molecule has 0 saturated carbocycles. The second kappa shape index (κ2) is 9.77. The molecule has 0 heterocycles. The molecule has 0 aromatic heterocycles. The van der Waals surface area contributed by atoms with Gasteiger partial charge in [-0.1, -0.05) is 30.3 Å². The summed E-state index contributed by atoms with van der Waals surface area (Å²) >= 11 is 0. The van der Waals surface area contributed by atoms with Crippen molar-refractivity contribution in [3.8, 4) is 5.75 Å². The Labute approximate surface area is 226 Å². The van der Waals surface area contributed by atoms with Gasteiger partial charge < -0.3 is 5.11 Å². The van der Waals surface area contributed by atoms with E-state index in [1.165, 1.54) is 24.3 Å². The van der Waals surface area contributed by atoms with Crippen LogP contribution in [0.2, 0.25) is 0 Å². The molecule has 0 aliphatic rings. The molecule has 4 rings (SSSR count). The van der Waals surface area contributed by atoms with Crippen LogP contribution in [-0.4, -0.2) is 73.6 Å². The Balaban J connectivity index is 0.00000361. The normalized spacial score (nSPS) is 12.8. The van der Waals surface area contributed by atoms with Crippen LogP contribution in [0.25, 0.3) is 21.5 Å². The van der Waals surface area contributed by atoms with E-state index in [1.54, 1.807) is 6.07 Å². The molecule has 1 radical (unpaired) electrons. The van der Waals surface area contributed by atoms with Crippen molar-refractivity contribution in [2.75, 3.05) is 0 Å². The first-order valence-corrected chi connectivity index (χ1v) is 13.7. The summed E-state index contributed by atoms with van der Waals surface area (Å²) in [5.74, 6) is -0.579. The van der Waals surface area contributed by atoms with Gasteiger partial charge in [-0.3, -0.25) is 13.7 Å². The third-order valence-electron chi connectivity index (χ3n) is 4.98. The van der Waals surface area contributed by atoms with E-state index in [4.69, 9.17) is 0 Å². The van der Waals surface area contributed by atoms with Crippen LogP contribution >= 0.6 is 0 Å². The maximum Gasteiger partial charge on any atom is 0.295 e. The second-order valence-corrected chi connectivity index (χ2v) is 11.4. The van der Waals surface area contributed by atoms with E-state index in [9.17, 15) is 44.0 Å². The van der Waals surface area contributed by atoms with E-state index < -0.39 is 51.6 Å². The van der Waals surface area contributed by atoms with Gasteiger partial charge in [-0.25, -0.2) is 0 Å². The van der Waals surface area contributed by atoms with Gasteiger partial charge in [0.2, 0.25) is 0 Å². The summed E-state index contributed by atoms with van der Waals surface area (Å²) in [6.45, 7) is 0. The van der Waals surface area contributed by atoms with Crippen molar-refractivity contribution in [3.05, 3.63) is 60.7 Å². The number of hydrogen-bond acceptors (Lipinski definition) is 9. The Morgan fingerprint density at radius 3 is 1.83 bits per heavy atom. The van der Waals surface area contributed by atoms with Crippen LogP contribution in [0.5, 0.6) is 5.75 Å². The Hall–Kier alpha value is -2.47. The summed E-state index contributed by atoms with van der Waals surface area (Å²) in [5, 5.41) is 18.1. The molecule has 12 nitrogen and oxygen atoms in total. The fourth-order valence-electron chi connectivity index (χ4n) is 3.50. The summed E-state index contributed by atoms with van der Waals surface area (Å²) in [5.41, 5.74) is -0.382. The Morgan fingerprint density at radius 2 is 1.25 bits per heavy atom. The summed E-state index contributed by atoms with van der Waals surface area (Å²) in [7, 11) is -14.5. The number of benzene rings is 4. The molecule has 0 atom stereocenters. The van der Waals surface area contributed by atoms with Gasteiger partial charge in [-0.05, 0) is 35.7 Å². The van der Waals surface area contributed by atoms with E-state index in [0.717, 1.165) is 24.3 Å². The van der Waals surface area contributed by atoms with Gasteiger partial charge in [0, 0.05) is 45.7 Å². The zero-order valence-electron chi connectivity index (χ0n) is 18.1. The van der Waals surface area contributed by atoms with Crippen molar-refractivity contribution in [1.82, 2.24) is 0 Å². The molecule has 183 valence electrons. The third-order valence-corrected chi connectivity index (χ3v) is 7.60. The molecule has 0 saturated heterocycles. The number of phenolic OH excluding ortho intramolecular Hbond substituents is 1. The van der Waals surface area contributed by atoms with E-state index in [2.05, 4.69) is 10.2 Å². The molecule has 36 heavy (non-hydrogen) atoms. The van der Waals surface area contributed by atoms with E-state index in [1.807, 2.05) is 0 Å². The van der Waals surface area contributed by atoms with Gasteiger partial charge in [-0.15, -0.1) is 10.2 Å². The third kappa shape index (κ3) is 5.44. The minimum absolute atomic E-state index is 0. The summed E-state index contributed by atoms with van der Waals surface area (Å²) in [6.07, 6.45) is 0. The summed E-state index contributed by atoms with van der Waals surface area (Å²) in [6, 6.07) is 11.9. The van der Waals surface area contributed by atoms with Crippen LogP contribution in [0.1, 0.15) is 0 Å². The first kappa shape index (κ1) is 28.1. The van der Waals surface area contributed by atoms with Gasteiger partial charge >= 0.3 is 0 Å². The topological polar surface area (TPSA) is 208 Å². The van der Waals surface area contributed by atoms with Gasteiger partial charge in [0.25, 0.3) is 30.4 Å². The number of phenols is 1. The van der Waals surface area contributed by atoms with Crippen molar-refractivity contribution in [2.24, 2.45) is 10.2 Å². The van der Waals surface area contributed by atoms with Gasteiger partial charge in [0.05, 0.1) is 10.6 Å². The largest absolute Gasteiger partial charge is 0.506 e. The monoisotopic (exact) mass is 561 g/mol. The molecule has 0 fully saturated rings. The molecular weight excluding hydrogens is 547 g/mol. The van der Waals surface area contributed by atoms with E-state index >= 15 is 0 Å². The molecule has 4 aromatic carbocycles. The zero-order valence-corrected chi connectivity index (χ0v) is 22.6. The second-order valence-electron chi connectivity index (χ2n) is 7.21. The van der Waals surface area contributed by atoms with Crippen molar-refractivity contribution >= 4 is 92.8 Å². The fourth-order valence-corrected chi connectivity index (χ4v) is 5.56. The molecule has 0 bridgehead atoms. The molecule has 4 N–H and O–H groups in total. The Kier molecular flexibility index (Phi) is 7.63. The van der Waals surface area contributed by atoms with Crippen LogP contribution in [0.15, 0.2) is 85.6 Å². The average Bonchev–Trinajstić information content (AvgIpc) is 2.75. The van der Waals surface area contributed by atoms with Crippen LogP contribution in [-0.2, 0) is 30.4 Å². The summed E-state index contributed by atoms with van der Waals surface area (Å²) < 4.78 is 99.0. The molecule has 4 aromatic rings. The number of aromatic hydroxyl groups is 1. The standard InChI is InChI=1S/C20H14N2O10S3.Na/c23-16-7-5-11-9-12(33(24,25)26)10-18(35(30,31)32)19(11)20(16)22-21-15-6-8-17(34(27,28)29)14-4-2-1-3-13(14)15;/h1-10,23H,(H,24,25,26)(H,27,28,29)(H,30,31,32);. The van der Waals surface area contributed by atoms with Crippen molar-refractivity contribution in [1.29, 1.82) is 0 Å². The number of nitrogens with zero attached hydrogens (tertiary/aromatic N) is 2. The predicted molar refractivity (Wildman–Crippen MR) is 129 cm³/mol. The van der Waals surface area contributed by atoms with Gasteiger partial charge in [-0.2, -0.15) is 25.3 Å². The van der Waals surface area contributed by atoms with Gasteiger partial charge in [0.15, 0.2) is 0 Å². The summed E-state index contributed by atoms with van der Waals surface area (Å²) in [4.78, 5) is -2.16. The number of rotatable bonds is 5. The SMILES string of the molecule is O=S(=O)(O)c1cc(S(=O)(=O)O)c2c(N=Nc3ccc(S(=O)(=O)O)c4ccccc34)c(O)ccc2c1.[Na]. The van der Waals surface area contributed by atoms with E-state index in [-0.39, 0.29) is 61.7 Å². The van der Waals surface area contributed by atoms with Gasteiger partial charge in [0.1, 0.15) is 21.2 Å². The minimum atomic E-state index is -5.07. The fraction of sp³-hybridized carbons (Fsp3) is 0. The molecule has 0 unspecified atom stereocenters. The average molecular weight is 562 g/mol.